The zero-order chi connectivity index (χ0) is 8.15. The van der Waals surface area contributed by atoms with Crippen LogP contribution in [0.2, 0.25) is 0 Å². The van der Waals surface area contributed by atoms with Gasteiger partial charge in [-0.1, -0.05) is 0 Å². The van der Waals surface area contributed by atoms with Crippen LogP contribution in [0.5, 0.6) is 0 Å². The first-order valence-electron chi connectivity index (χ1n) is 2.91. The van der Waals surface area contributed by atoms with E-state index in [-0.39, 0.29) is 0 Å². The molecule has 0 heterocycles. The summed E-state index contributed by atoms with van der Waals surface area (Å²) in [4.78, 5) is 7.09. The number of nitriles is 1. The molecule has 10 heavy (non-hydrogen) atoms. The summed E-state index contributed by atoms with van der Waals surface area (Å²) in [5.41, 5.74) is 0. The van der Waals surface area contributed by atoms with Crippen LogP contribution in [-0.2, 0) is 0 Å². The molecule has 0 aliphatic heterocycles. The Bertz CT molecular complexity index is 165. The van der Waals surface area contributed by atoms with Gasteiger partial charge in [0.2, 0.25) is 5.96 Å². The highest BCUT2D eigenvalue weighted by molar-refractivity contribution is 5.80. The second-order valence-electron chi connectivity index (χ2n) is 2.08. The molecule has 0 radical (unpaired) electrons. The Kier molecular flexibility index (Phi) is 3.26. The summed E-state index contributed by atoms with van der Waals surface area (Å²) >= 11 is 0. The van der Waals surface area contributed by atoms with E-state index in [0.717, 1.165) is 0 Å². The van der Waals surface area contributed by atoms with Crippen LogP contribution in [0.3, 0.4) is 0 Å². The minimum Gasteiger partial charge on any atom is -0.348 e. The molecule has 0 atom stereocenters. The van der Waals surface area contributed by atoms with E-state index >= 15 is 0 Å². The summed E-state index contributed by atoms with van der Waals surface area (Å²) in [7, 11) is 7.01. The summed E-state index contributed by atoms with van der Waals surface area (Å²) in [6.07, 6.45) is 1.96. The molecule has 56 valence electrons. The molecule has 0 saturated carbocycles. The number of aliphatic imine (C=N–C) groups is 1. The van der Waals surface area contributed by atoms with Crippen LogP contribution >= 0.6 is 0 Å². The average Bonchev–Trinajstić information content (AvgIpc) is 1.88. The number of rotatable bonds is 0. The highest BCUT2D eigenvalue weighted by atomic mass is 15.3. The Balaban J connectivity index is 4.27. The van der Waals surface area contributed by atoms with Crippen molar-refractivity contribution in [3.05, 3.63) is 0 Å². The van der Waals surface area contributed by atoms with Gasteiger partial charge < -0.3 is 4.90 Å². The molecular formula is C6H12N4. The highest BCUT2D eigenvalue weighted by Crippen LogP contribution is 1.87. The quantitative estimate of drug-likeness (QED) is 0.205. The van der Waals surface area contributed by atoms with Gasteiger partial charge in [-0.3, -0.25) is 9.89 Å². The van der Waals surface area contributed by atoms with Gasteiger partial charge in [0.05, 0.1) is 0 Å². The summed E-state index contributed by atoms with van der Waals surface area (Å²) in [5, 5.41) is 8.45. The largest absolute Gasteiger partial charge is 0.348 e. The zero-order valence-corrected chi connectivity index (χ0v) is 6.79. The second-order valence-corrected chi connectivity index (χ2v) is 2.08. The number of hydrogen-bond donors (Lipinski definition) is 0. The molecule has 0 N–H and O–H groups in total. The van der Waals surface area contributed by atoms with Crippen molar-refractivity contribution in [3.63, 3.8) is 0 Å². The molecule has 0 unspecified atom stereocenters. The molecule has 0 aromatic carbocycles. The maximum Gasteiger partial charge on any atom is 0.208 e. The molecule has 0 aromatic heterocycles. The maximum absolute atomic E-state index is 8.45. The lowest BCUT2D eigenvalue weighted by molar-refractivity contribution is 0.518. The molecule has 0 aliphatic carbocycles. The monoisotopic (exact) mass is 140 g/mol. The molecule has 4 nitrogen and oxygen atoms in total. The van der Waals surface area contributed by atoms with E-state index in [1.165, 1.54) is 4.90 Å². The topological polar surface area (TPSA) is 42.6 Å². The first-order chi connectivity index (χ1) is 4.63. The van der Waals surface area contributed by atoms with Gasteiger partial charge >= 0.3 is 0 Å². The third-order valence-electron chi connectivity index (χ3n) is 1.05. The summed E-state index contributed by atoms with van der Waals surface area (Å²) < 4.78 is 0. The molecular weight excluding hydrogens is 128 g/mol. The fourth-order valence-electron chi connectivity index (χ4n) is 0.695. The number of hydrogen-bond acceptors (Lipinski definition) is 2. The number of nitrogens with zero attached hydrogens (tertiary/aromatic N) is 4. The van der Waals surface area contributed by atoms with E-state index < -0.39 is 0 Å². The highest BCUT2D eigenvalue weighted by Gasteiger charge is 2.04. The van der Waals surface area contributed by atoms with E-state index in [4.69, 9.17) is 5.26 Å². The molecule has 0 amide bonds. The first-order valence-corrected chi connectivity index (χ1v) is 2.91. The third kappa shape index (κ3) is 1.94. The van der Waals surface area contributed by atoms with Crippen LogP contribution in [0.15, 0.2) is 4.99 Å². The molecule has 4 heteroatoms. The van der Waals surface area contributed by atoms with Crippen LogP contribution in [0.1, 0.15) is 0 Å². The van der Waals surface area contributed by atoms with Gasteiger partial charge in [0, 0.05) is 28.2 Å². The van der Waals surface area contributed by atoms with Crippen molar-refractivity contribution < 1.29 is 0 Å². The van der Waals surface area contributed by atoms with E-state index in [1.54, 1.807) is 19.0 Å². The first kappa shape index (κ1) is 8.76. The SMILES string of the molecule is CN=C(N(C)C)N(C)C#N. The average molecular weight is 140 g/mol. The van der Waals surface area contributed by atoms with Crippen molar-refractivity contribution in [2.45, 2.75) is 0 Å². The summed E-state index contributed by atoms with van der Waals surface area (Å²) in [5.74, 6) is 0.655. The minimum atomic E-state index is 0.655. The van der Waals surface area contributed by atoms with Gasteiger partial charge in [0.25, 0.3) is 0 Å². The lowest BCUT2D eigenvalue weighted by Crippen LogP contribution is -2.34. The fraction of sp³-hybridized carbons (Fsp3) is 0.667. The minimum absolute atomic E-state index is 0.655. The van der Waals surface area contributed by atoms with Crippen molar-refractivity contribution in [2.24, 2.45) is 4.99 Å². The summed E-state index contributed by atoms with van der Waals surface area (Å²) in [6.45, 7) is 0. The van der Waals surface area contributed by atoms with Crippen molar-refractivity contribution in [1.29, 1.82) is 5.26 Å². The van der Waals surface area contributed by atoms with Crippen molar-refractivity contribution in [3.8, 4) is 6.19 Å². The van der Waals surface area contributed by atoms with E-state index in [0.29, 0.717) is 5.96 Å². The Morgan fingerprint density at radius 3 is 2.00 bits per heavy atom. The summed E-state index contributed by atoms with van der Waals surface area (Å²) in [6, 6.07) is 0. The van der Waals surface area contributed by atoms with Crippen LogP contribution in [0.4, 0.5) is 0 Å². The molecule has 0 aliphatic rings. The predicted octanol–water partition coefficient (Wildman–Crippen LogP) is -0.0533. The third-order valence-corrected chi connectivity index (χ3v) is 1.05. The lowest BCUT2D eigenvalue weighted by Gasteiger charge is -2.18. The van der Waals surface area contributed by atoms with Gasteiger partial charge in [-0.25, -0.2) is 0 Å². The zero-order valence-electron chi connectivity index (χ0n) is 6.79. The molecule has 0 aromatic rings. The molecule has 0 saturated heterocycles. The Morgan fingerprint density at radius 1 is 1.40 bits per heavy atom. The van der Waals surface area contributed by atoms with Crippen LogP contribution < -0.4 is 0 Å². The van der Waals surface area contributed by atoms with Gasteiger partial charge in [0.1, 0.15) is 0 Å². The van der Waals surface area contributed by atoms with Crippen LogP contribution in [0.25, 0.3) is 0 Å². The smallest absolute Gasteiger partial charge is 0.208 e. The second kappa shape index (κ2) is 3.72. The van der Waals surface area contributed by atoms with E-state index in [2.05, 4.69) is 4.99 Å². The van der Waals surface area contributed by atoms with Crippen molar-refractivity contribution in [1.82, 2.24) is 9.80 Å². The molecule has 0 bridgehead atoms. The molecule has 0 fully saturated rings. The van der Waals surface area contributed by atoms with Crippen LogP contribution in [-0.4, -0.2) is 44.0 Å². The Morgan fingerprint density at radius 2 is 1.90 bits per heavy atom. The molecule has 0 rings (SSSR count). The van der Waals surface area contributed by atoms with Gasteiger partial charge in [-0.05, 0) is 0 Å². The normalized spacial score (nSPS) is 10.5. The van der Waals surface area contributed by atoms with Crippen molar-refractivity contribution >= 4 is 5.96 Å². The van der Waals surface area contributed by atoms with Gasteiger partial charge in [-0.15, -0.1) is 0 Å². The Hall–Kier alpha value is -1.24. The maximum atomic E-state index is 8.45. The predicted molar refractivity (Wildman–Crippen MR) is 40.4 cm³/mol. The number of guanidine groups is 1. The standard InChI is InChI=1S/C6H12N4/c1-8-6(9(2)3)10(4)5-7/h1-4H3. The fourth-order valence-corrected chi connectivity index (χ4v) is 0.695. The van der Waals surface area contributed by atoms with Gasteiger partial charge in [-0.2, -0.15) is 5.26 Å². The Labute approximate surface area is 61.4 Å². The lowest BCUT2D eigenvalue weighted by atomic mass is 10.7. The van der Waals surface area contributed by atoms with E-state index in [1.807, 2.05) is 20.3 Å². The van der Waals surface area contributed by atoms with E-state index in [9.17, 15) is 0 Å². The van der Waals surface area contributed by atoms with Crippen molar-refractivity contribution in [2.75, 3.05) is 28.2 Å². The molecule has 0 spiro atoms. The van der Waals surface area contributed by atoms with Crippen LogP contribution in [0, 0.1) is 11.5 Å². The van der Waals surface area contributed by atoms with Gasteiger partial charge in [0.15, 0.2) is 6.19 Å².